The molecule has 1 N–H and O–H groups in total. The Bertz CT molecular complexity index is 835. The lowest BCUT2D eigenvalue weighted by Crippen LogP contribution is -2.12. The molecule has 0 bridgehead atoms. The Morgan fingerprint density at radius 2 is 1.88 bits per heavy atom. The van der Waals surface area contributed by atoms with Crippen LogP contribution in [0, 0.1) is 5.82 Å². The molecule has 0 amide bonds. The van der Waals surface area contributed by atoms with Gasteiger partial charge in [0.15, 0.2) is 11.5 Å². The fourth-order valence-corrected chi connectivity index (χ4v) is 2.68. The van der Waals surface area contributed by atoms with Gasteiger partial charge in [0.05, 0.1) is 19.9 Å². The normalized spacial score (nSPS) is 10.7. The van der Waals surface area contributed by atoms with E-state index in [0.29, 0.717) is 36.2 Å². The first kappa shape index (κ1) is 18.3. The van der Waals surface area contributed by atoms with E-state index < -0.39 is 0 Å². The van der Waals surface area contributed by atoms with Gasteiger partial charge in [-0.25, -0.2) is 4.39 Å². The lowest BCUT2D eigenvalue weighted by Gasteiger charge is -2.14. The van der Waals surface area contributed by atoms with Crippen molar-refractivity contribution in [3.05, 3.63) is 82.5 Å². The molecule has 3 rings (SSSR count). The number of nitrogens with one attached hydrogen (secondary N) is 1. The lowest BCUT2D eigenvalue weighted by atomic mass is 10.2. The second-order valence-corrected chi connectivity index (χ2v) is 6.10. The van der Waals surface area contributed by atoms with Crippen LogP contribution in [0.4, 0.5) is 4.39 Å². The van der Waals surface area contributed by atoms with E-state index in [1.54, 1.807) is 31.6 Å². The van der Waals surface area contributed by atoms with Crippen molar-refractivity contribution in [3.63, 3.8) is 0 Å². The van der Waals surface area contributed by atoms with E-state index in [1.165, 1.54) is 12.1 Å². The topological polar surface area (TPSA) is 43.6 Å². The maximum absolute atomic E-state index is 13.0. The summed E-state index contributed by atoms with van der Waals surface area (Å²) in [6.07, 6.45) is 1.64. The summed E-state index contributed by atoms with van der Waals surface area (Å²) in [5, 5.41) is 3.84. The lowest BCUT2D eigenvalue weighted by molar-refractivity contribution is 0.284. The van der Waals surface area contributed by atoms with Crippen LogP contribution in [0.1, 0.15) is 16.9 Å². The molecule has 0 aliphatic heterocycles. The second-order valence-electron chi connectivity index (χ2n) is 5.69. The minimum atomic E-state index is -0.277. The van der Waals surface area contributed by atoms with E-state index in [1.807, 2.05) is 18.2 Å². The van der Waals surface area contributed by atoms with Crippen LogP contribution in [0.3, 0.4) is 0 Å². The molecule has 0 fully saturated rings. The van der Waals surface area contributed by atoms with Gasteiger partial charge in [-0.1, -0.05) is 23.7 Å². The molecule has 3 aromatic rings. The third kappa shape index (κ3) is 4.77. The van der Waals surface area contributed by atoms with Crippen LogP contribution in [-0.2, 0) is 19.7 Å². The Morgan fingerprint density at radius 3 is 2.58 bits per heavy atom. The molecule has 0 spiro atoms. The predicted octanol–water partition coefficient (Wildman–Crippen LogP) is 4.95. The van der Waals surface area contributed by atoms with Crippen molar-refractivity contribution in [3.8, 4) is 11.5 Å². The summed E-state index contributed by atoms with van der Waals surface area (Å²) < 4.78 is 29.4. The van der Waals surface area contributed by atoms with Gasteiger partial charge >= 0.3 is 0 Å². The molecular formula is C20H19ClFNO3. The van der Waals surface area contributed by atoms with Crippen molar-refractivity contribution in [2.24, 2.45) is 0 Å². The van der Waals surface area contributed by atoms with Gasteiger partial charge in [0.2, 0.25) is 0 Å². The number of rotatable bonds is 8. The van der Waals surface area contributed by atoms with Crippen LogP contribution in [0.15, 0.2) is 59.2 Å². The highest BCUT2D eigenvalue weighted by Gasteiger charge is 2.11. The SMILES string of the molecule is COc1cc(CNCc2ccco2)c(Cl)cc1OCc1ccc(F)cc1. The molecule has 136 valence electrons. The minimum absolute atomic E-state index is 0.277. The number of methoxy groups -OCH3 is 1. The Hall–Kier alpha value is -2.50. The molecule has 0 saturated carbocycles. The Kier molecular flexibility index (Phi) is 6.15. The number of hydrogen-bond donors (Lipinski definition) is 1. The third-order valence-electron chi connectivity index (χ3n) is 3.84. The molecule has 6 heteroatoms. The number of ether oxygens (including phenoxy) is 2. The van der Waals surface area contributed by atoms with Gasteiger partial charge in [-0.15, -0.1) is 0 Å². The fraction of sp³-hybridized carbons (Fsp3) is 0.200. The van der Waals surface area contributed by atoms with Crippen molar-refractivity contribution in [2.75, 3.05) is 7.11 Å². The molecule has 0 saturated heterocycles. The standard InChI is InChI=1S/C20H19ClFNO3/c1-24-19-9-15(11-23-12-17-3-2-8-25-17)18(21)10-20(19)26-13-14-4-6-16(22)7-5-14/h2-10,23H,11-13H2,1H3. The number of furan rings is 1. The second kappa shape index (κ2) is 8.74. The monoisotopic (exact) mass is 375 g/mol. The van der Waals surface area contributed by atoms with Crippen molar-refractivity contribution in [1.82, 2.24) is 5.32 Å². The van der Waals surface area contributed by atoms with E-state index in [9.17, 15) is 4.39 Å². The first-order valence-electron chi connectivity index (χ1n) is 8.12. The van der Waals surface area contributed by atoms with Gasteiger partial charge in [-0.3, -0.25) is 0 Å². The summed E-state index contributed by atoms with van der Waals surface area (Å²) in [5.41, 5.74) is 1.75. The molecule has 1 heterocycles. The van der Waals surface area contributed by atoms with Gasteiger partial charge in [0.25, 0.3) is 0 Å². The average Bonchev–Trinajstić information content (AvgIpc) is 3.16. The zero-order valence-corrected chi connectivity index (χ0v) is 15.1. The van der Waals surface area contributed by atoms with E-state index in [-0.39, 0.29) is 5.82 Å². The first-order valence-corrected chi connectivity index (χ1v) is 8.50. The van der Waals surface area contributed by atoms with Crippen molar-refractivity contribution >= 4 is 11.6 Å². The Balaban J connectivity index is 1.64. The highest BCUT2D eigenvalue weighted by molar-refractivity contribution is 6.31. The Morgan fingerprint density at radius 1 is 1.08 bits per heavy atom. The summed E-state index contributed by atoms with van der Waals surface area (Å²) >= 11 is 6.37. The van der Waals surface area contributed by atoms with Crippen LogP contribution in [0.2, 0.25) is 5.02 Å². The van der Waals surface area contributed by atoms with Crippen LogP contribution >= 0.6 is 11.6 Å². The zero-order chi connectivity index (χ0) is 18.4. The number of benzene rings is 2. The highest BCUT2D eigenvalue weighted by Crippen LogP contribution is 2.34. The van der Waals surface area contributed by atoms with Gasteiger partial charge in [-0.2, -0.15) is 0 Å². The molecule has 0 aliphatic carbocycles. The number of hydrogen-bond acceptors (Lipinski definition) is 4. The molecule has 0 atom stereocenters. The molecule has 0 aliphatic rings. The molecule has 1 aromatic heterocycles. The van der Waals surface area contributed by atoms with Gasteiger partial charge in [-0.05, 0) is 41.5 Å². The predicted molar refractivity (Wildman–Crippen MR) is 98.0 cm³/mol. The summed E-state index contributed by atoms with van der Waals surface area (Å²) in [7, 11) is 1.58. The quantitative estimate of drug-likeness (QED) is 0.605. The molecule has 2 aromatic carbocycles. The summed E-state index contributed by atoms with van der Waals surface area (Å²) in [4.78, 5) is 0. The van der Waals surface area contributed by atoms with Crippen LogP contribution in [0.5, 0.6) is 11.5 Å². The summed E-state index contributed by atoms with van der Waals surface area (Å²) in [6, 6.07) is 13.5. The van der Waals surface area contributed by atoms with E-state index in [2.05, 4.69) is 5.32 Å². The molecule has 26 heavy (non-hydrogen) atoms. The van der Waals surface area contributed by atoms with E-state index in [0.717, 1.165) is 16.9 Å². The first-order chi connectivity index (χ1) is 12.7. The van der Waals surface area contributed by atoms with E-state index >= 15 is 0 Å². The zero-order valence-electron chi connectivity index (χ0n) is 14.3. The van der Waals surface area contributed by atoms with Crippen LogP contribution < -0.4 is 14.8 Å². The van der Waals surface area contributed by atoms with Crippen molar-refractivity contribution in [2.45, 2.75) is 19.7 Å². The maximum atomic E-state index is 13.0. The summed E-state index contributed by atoms with van der Waals surface area (Å²) in [6.45, 7) is 1.46. The molecule has 4 nitrogen and oxygen atoms in total. The van der Waals surface area contributed by atoms with Gasteiger partial charge < -0.3 is 19.2 Å². The largest absolute Gasteiger partial charge is 0.493 e. The maximum Gasteiger partial charge on any atom is 0.163 e. The fourth-order valence-electron chi connectivity index (χ4n) is 2.46. The van der Waals surface area contributed by atoms with Crippen molar-refractivity contribution in [1.29, 1.82) is 0 Å². The Labute approximate surface area is 156 Å². The number of halogens is 2. The molecule has 0 unspecified atom stereocenters. The highest BCUT2D eigenvalue weighted by atomic mass is 35.5. The minimum Gasteiger partial charge on any atom is -0.493 e. The molecular weight excluding hydrogens is 357 g/mol. The van der Waals surface area contributed by atoms with Crippen molar-refractivity contribution < 1.29 is 18.3 Å². The average molecular weight is 376 g/mol. The third-order valence-corrected chi connectivity index (χ3v) is 4.19. The van der Waals surface area contributed by atoms with Crippen LogP contribution in [-0.4, -0.2) is 7.11 Å². The van der Waals surface area contributed by atoms with E-state index in [4.69, 9.17) is 25.5 Å². The van der Waals surface area contributed by atoms with Gasteiger partial charge in [0, 0.05) is 17.6 Å². The van der Waals surface area contributed by atoms with Gasteiger partial charge in [0.1, 0.15) is 18.2 Å². The van der Waals surface area contributed by atoms with Crippen LogP contribution in [0.25, 0.3) is 0 Å². The summed E-state index contributed by atoms with van der Waals surface area (Å²) in [5.74, 6) is 1.70. The smallest absolute Gasteiger partial charge is 0.163 e. The molecule has 0 radical (unpaired) electrons.